The Morgan fingerprint density at radius 3 is 2.43 bits per heavy atom. The lowest BCUT2D eigenvalue weighted by Crippen LogP contribution is -2.53. The molecule has 0 bridgehead atoms. The first-order valence-corrected chi connectivity index (χ1v) is 8.76. The highest BCUT2D eigenvalue weighted by molar-refractivity contribution is 5.02. The average molecular weight is 296 g/mol. The fourth-order valence-electron chi connectivity index (χ4n) is 5.72. The standard InChI is InChI=1S/C18H32O3/c1-17(2)8-6-14-13-7-9-18(20,11-21-3)10-12(13)4-5-15(14)16(17)19/h12-16,19-20H,4-11H2,1-3H3/t12-,13+,14-,15-,16?,18-/m1/s1. The summed E-state index contributed by atoms with van der Waals surface area (Å²) in [6.45, 7) is 4.91. The molecule has 0 amide bonds. The summed E-state index contributed by atoms with van der Waals surface area (Å²) < 4.78 is 5.23. The molecule has 1 unspecified atom stereocenters. The fraction of sp³-hybridized carbons (Fsp3) is 1.00. The van der Waals surface area contributed by atoms with Crippen molar-refractivity contribution in [1.82, 2.24) is 0 Å². The molecule has 3 saturated carbocycles. The van der Waals surface area contributed by atoms with Crippen molar-refractivity contribution >= 4 is 0 Å². The highest BCUT2D eigenvalue weighted by Gasteiger charge is 2.52. The van der Waals surface area contributed by atoms with Crippen molar-refractivity contribution < 1.29 is 14.9 Å². The SMILES string of the molecule is COC[C@@]1(O)CC[C@H]2[C@H](CC[C@H]3C(O)C(C)(C)CC[C@H]23)C1. The number of hydrogen-bond acceptors (Lipinski definition) is 3. The van der Waals surface area contributed by atoms with Crippen LogP contribution < -0.4 is 0 Å². The molecule has 3 aliphatic rings. The summed E-state index contributed by atoms with van der Waals surface area (Å²) in [7, 11) is 1.68. The molecule has 0 saturated heterocycles. The Labute approximate surface area is 129 Å². The van der Waals surface area contributed by atoms with Crippen LogP contribution in [0, 0.1) is 29.1 Å². The van der Waals surface area contributed by atoms with E-state index in [0.717, 1.165) is 32.1 Å². The minimum absolute atomic E-state index is 0.0828. The molecule has 0 aromatic carbocycles. The summed E-state index contributed by atoms with van der Waals surface area (Å²) in [4.78, 5) is 0. The highest BCUT2D eigenvalue weighted by Crippen LogP contribution is 2.56. The molecule has 6 atom stereocenters. The van der Waals surface area contributed by atoms with E-state index in [1.165, 1.54) is 12.8 Å². The number of aliphatic hydroxyl groups is 2. The van der Waals surface area contributed by atoms with Crippen LogP contribution in [0.4, 0.5) is 0 Å². The smallest absolute Gasteiger partial charge is 0.0882 e. The molecule has 21 heavy (non-hydrogen) atoms. The lowest BCUT2D eigenvalue weighted by atomic mass is 9.52. The van der Waals surface area contributed by atoms with Crippen LogP contribution >= 0.6 is 0 Å². The van der Waals surface area contributed by atoms with Crippen molar-refractivity contribution in [2.45, 2.75) is 70.5 Å². The highest BCUT2D eigenvalue weighted by atomic mass is 16.5. The van der Waals surface area contributed by atoms with Gasteiger partial charge in [0, 0.05) is 7.11 Å². The summed E-state index contributed by atoms with van der Waals surface area (Å²) >= 11 is 0. The van der Waals surface area contributed by atoms with E-state index < -0.39 is 5.60 Å². The first kappa shape index (κ1) is 15.8. The second-order valence-corrected chi connectivity index (χ2v) is 8.70. The van der Waals surface area contributed by atoms with E-state index in [2.05, 4.69) is 13.8 Å². The van der Waals surface area contributed by atoms with Gasteiger partial charge in [0.25, 0.3) is 0 Å². The average Bonchev–Trinajstić information content (AvgIpc) is 2.42. The second-order valence-electron chi connectivity index (χ2n) is 8.70. The Hall–Kier alpha value is -0.120. The van der Waals surface area contributed by atoms with Gasteiger partial charge in [0.1, 0.15) is 0 Å². The van der Waals surface area contributed by atoms with Crippen LogP contribution in [0.1, 0.15) is 58.8 Å². The van der Waals surface area contributed by atoms with Gasteiger partial charge in [-0.1, -0.05) is 13.8 Å². The quantitative estimate of drug-likeness (QED) is 0.823. The molecular weight excluding hydrogens is 264 g/mol. The molecule has 122 valence electrons. The zero-order valence-corrected chi connectivity index (χ0v) is 13.8. The molecule has 3 nitrogen and oxygen atoms in total. The lowest BCUT2D eigenvalue weighted by Gasteiger charge is -2.55. The number of methoxy groups -OCH3 is 1. The van der Waals surface area contributed by atoms with Crippen molar-refractivity contribution in [2.75, 3.05) is 13.7 Å². The van der Waals surface area contributed by atoms with E-state index >= 15 is 0 Å². The lowest BCUT2D eigenvalue weighted by molar-refractivity contribution is -0.141. The van der Waals surface area contributed by atoms with Crippen LogP contribution in [0.2, 0.25) is 0 Å². The van der Waals surface area contributed by atoms with Gasteiger partial charge in [-0.3, -0.25) is 0 Å². The molecule has 3 rings (SSSR count). The van der Waals surface area contributed by atoms with Crippen molar-refractivity contribution in [3.63, 3.8) is 0 Å². The summed E-state index contributed by atoms with van der Waals surface area (Å²) in [6, 6.07) is 0. The van der Waals surface area contributed by atoms with Gasteiger partial charge in [0.05, 0.1) is 18.3 Å². The molecule has 3 aliphatic carbocycles. The van der Waals surface area contributed by atoms with E-state index in [9.17, 15) is 10.2 Å². The summed E-state index contributed by atoms with van der Waals surface area (Å²) in [5.41, 5.74) is -0.519. The second kappa shape index (κ2) is 5.50. The maximum atomic E-state index is 10.7. The fourth-order valence-corrected chi connectivity index (χ4v) is 5.72. The first-order chi connectivity index (χ1) is 9.86. The molecule has 3 heteroatoms. The summed E-state index contributed by atoms with van der Waals surface area (Å²) in [6.07, 6.45) is 7.44. The Morgan fingerprint density at radius 2 is 1.71 bits per heavy atom. The molecule has 0 heterocycles. The molecule has 0 aromatic rings. The number of hydrogen-bond donors (Lipinski definition) is 2. The van der Waals surface area contributed by atoms with Crippen LogP contribution in [0.15, 0.2) is 0 Å². The molecule has 2 N–H and O–H groups in total. The van der Waals surface area contributed by atoms with Crippen molar-refractivity contribution in [1.29, 1.82) is 0 Å². The predicted octanol–water partition coefficient (Wildman–Crippen LogP) is 2.99. The van der Waals surface area contributed by atoms with Gasteiger partial charge in [-0.05, 0) is 74.0 Å². The van der Waals surface area contributed by atoms with Crippen LogP contribution in [-0.4, -0.2) is 35.6 Å². The zero-order valence-electron chi connectivity index (χ0n) is 13.8. The Morgan fingerprint density at radius 1 is 1.00 bits per heavy atom. The molecule has 0 radical (unpaired) electrons. The summed E-state index contributed by atoms with van der Waals surface area (Å²) in [5, 5.41) is 21.4. The number of fused-ring (bicyclic) bond motifs is 3. The Kier molecular flexibility index (Phi) is 4.13. The summed E-state index contributed by atoms with van der Waals surface area (Å²) in [5.74, 6) is 2.52. The molecule has 0 aromatic heterocycles. The maximum Gasteiger partial charge on any atom is 0.0882 e. The van der Waals surface area contributed by atoms with E-state index in [1.54, 1.807) is 7.11 Å². The molecule has 0 aliphatic heterocycles. The normalized spacial score (nSPS) is 49.3. The van der Waals surface area contributed by atoms with Gasteiger partial charge >= 0.3 is 0 Å². The van der Waals surface area contributed by atoms with Gasteiger partial charge in [-0.15, -0.1) is 0 Å². The number of aliphatic hydroxyl groups excluding tert-OH is 1. The van der Waals surface area contributed by atoms with Crippen LogP contribution in [-0.2, 0) is 4.74 Å². The molecule has 0 spiro atoms. The van der Waals surface area contributed by atoms with Crippen molar-refractivity contribution in [3.8, 4) is 0 Å². The molecule has 3 fully saturated rings. The minimum atomic E-state index is -0.602. The van der Waals surface area contributed by atoms with E-state index in [4.69, 9.17) is 4.74 Å². The van der Waals surface area contributed by atoms with Gasteiger partial charge in [0.2, 0.25) is 0 Å². The largest absolute Gasteiger partial charge is 0.392 e. The topological polar surface area (TPSA) is 49.7 Å². The van der Waals surface area contributed by atoms with Crippen LogP contribution in [0.5, 0.6) is 0 Å². The van der Waals surface area contributed by atoms with Gasteiger partial charge < -0.3 is 14.9 Å². The van der Waals surface area contributed by atoms with Crippen LogP contribution in [0.25, 0.3) is 0 Å². The maximum absolute atomic E-state index is 10.7. The number of ether oxygens (including phenoxy) is 1. The van der Waals surface area contributed by atoms with E-state index in [1.807, 2.05) is 0 Å². The third-order valence-corrected chi connectivity index (χ3v) is 6.90. The Balaban J connectivity index is 1.72. The van der Waals surface area contributed by atoms with Gasteiger partial charge in [0.15, 0.2) is 0 Å². The van der Waals surface area contributed by atoms with Gasteiger partial charge in [-0.2, -0.15) is 0 Å². The molecular formula is C18H32O3. The van der Waals surface area contributed by atoms with Crippen molar-refractivity contribution in [3.05, 3.63) is 0 Å². The third-order valence-electron chi connectivity index (χ3n) is 6.90. The third kappa shape index (κ3) is 2.77. The predicted molar refractivity (Wildman–Crippen MR) is 82.9 cm³/mol. The van der Waals surface area contributed by atoms with E-state index in [-0.39, 0.29) is 11.5 Å². The van der Waals surface area contributed by atoms with Gasteiger partial charge in [-0.25, -0.2) is 0 Å². The Bertz CT molecular complexity index is 381. The van der Waals surface area contributed by atoms with Crippen molar-refractivity contribution in [2.24, 2.45) is 29.1 Å². The number of rotatable bonds is 2. The van der Waals surface area contributed by atoms with Crippen LogP contribution in [0.3, 0.4) is 0 Å². The minimum Gasteiger partial charge on any atom is -0.392 e. The zero-order chi connectivity index (χ0) is 15.3. The first-order valence-electron chi connectivity index (χ1n) is 8.76. The van der Waals surface area contributed by atoms with E-state index in [0.29, 0.717) is 30.3 Å². The monoisotopic (exact) mass is 296 g/mol.